The van der Waals surface area contributed by atoms with Crippen LogP contribution in [0.3, 0.4) is 0 Å². The van der Waals surface area contributed by atoms with Gasteiger partial charge in [-0.05, 0) is 0 Å². The van der Waals surface area contributed by atoms with Crippen LogP contribution < -0.4 is 10.4 Å². The van der Waals surface area contributed by atoms with Crippen LogP contribution >= 0.6 is 48.0 Å². The van der Waals surface area contributed by atoms with Crippen molar-refractivity contribution in [2.75, 3.05) is 0 Å². The average molecular weight is 894 g/mol. The van der Waals surface area contributed by atoms with Gasteiger partial charge in [-0.25, -0.2) is 0 Å². The molecular formula is C51H48Cl4Zr. The van der Waals surface area contributed by atoms with E-state index < -0.39 is 21.3 Å². The minimum atomic E-state index is -2.98. The number of rotatable bonds is 11. The zero-order valence-corrected chi connectivity index (χ0v) is 37.9. The second kappa shape index (κ2) is 18.5. The van der Waals surface area contributed by atoms with Gasteiger partial charge in [0.05, 0.1) is 0 Å². The molecule has 1 unspecified atom stereocenters. The number of aryl methyl sites for hydroxylation is 1. The van der Waals surface area contributed by atoms with Gasteiger partial charge in [-0.1, -0.05) is 0 Å². The quantitative estimate of drug-likeness (QED) is 0.124. The van der Waals surface area contributed by atoms with Crippen LogP contribution in [-0.4, -0.2) is 3.21 Å². The molecule has 0 amide bonds. The van der Waals surface area contributed by atoms with E-state index in [0.717, 1.165) is 48.6 Å². The van der Waals surface area contributed by atoms with Gasteiger partial charge in [0, 0.05) is 0 Å². The van der Waals surface area contributed by atoms with Gasteiger partial charge in [0.1, 0.15) is 0 Å². The molecule has 8 rings (SSSR count). The van der Waals surface area contributed by atoms with E-state index >= 15 is 0 Å². The fraction of sp³-hybridized carbons (Fsp3) is 0.196. The van der Waals surface area contributed by atoms with Crippen LogP contribution in [0, 0.1) is 6.92 Å². The van der Waals surface area contributed by atoms with Gasteiger partial charge < -0.3 is 0 Å². The van der Waals surface area contributed by atoms with Crippen molar-refractivity contribution in [3.63, 3.8) is 0 Å². The first-order valence-corrected chi connectivity index (χ1v) is 23.8. The van der Waals surface area contributed by atoms with Crippen LogP contribution in [0.5, 0.6) is 0 Å². The monoisotopic (exact) mass is 890 g/mol. The largest absolute Gasteiger partial charge is 0.147 e. The molecule has 0 saturated heterocycles. The molecule has 0 N–H and O–H groups in total. The van der Waals surface area contributed by atoms with E-state index in [9.17, 15) is 0 Å². The third kappa shape index (κ3) is 8.32. The summed E-state index contributed by atoms with van der Waals surface area (Å²) in [6.45, 7) is 7.06. The molecule has 5 heteroatoms. The van der Waals surface area contributed by atoms with Gasteiger partial charge >= 0.3 is 341 Å². The number of unbranched alkanes of at least 4 members (excludes halogenated alkanes) is 1. The Morgan fingerprint density at radius 1 is 0.714 bits per heavy atom. The maximum absolute atomic E-state index is 6.47. The molecule has 284 valence electrons. The molecule has 0 aliphatic heterocycles. The summed E-state index contributed by atoms with van der Waals surface area (Å²) in [7, 11) is 0. The van der Waals surface area contributed by atoms with E-state index in [1.54, 1.807) is 9.77 Å². The first kappa shape index (κ1) is 42.3. The molecule has 0 spiro atoms. The molecule has 56 heavy (non-hydrogen) atoms. The van der Waals surface area contributed by atoms with E-state index in [0.29, 0.717) is 0 Å². The van der Waals surface area contributed by atoms with Crippen molar-refractivity contribution in [1.29, 1.82) is 0 Å². The number of hydrogen-bond donors (Lipinski definition) is 0. The van der Waals surface area contributed by atoms with E-state index in [1.807, 2.05) is 0 Å². The van der Waals surface area contributed by atoms with Crippen molar-refractivity contribution < 1.29 is 21.3 Å². The Bertz CT molecular complexity index is 2460. The maximum Gasteiger partial charge on any atom is -0.147 e. The van der Waals surface area contributed by atoms with Crippen LogP contribution in [0.15, 0.2) is 163 Å². The number of benzene rings is 5. The minimum absolute atomic E-state index is 0. The summed E-state index contributed by atoms with van der Waals surface area (Å²) in [6.07, 6.45) is 18.7. The van der Waals surface area contributed by atoms with Crippen LogP contribution in [-0.2, 0) is 39.5 Å². The van der Waals surface area contributed by atoms with Crippen molar-refractivity contribution in [3.8, 4) is 11.1 Å². The van der Waals surface area contributed by atoms with Crippen LogP contribution in [0.25, 0.3) is 22.8 Å². The van der Waals surface area contributed by atoms with Crippen molar-refractivity contribution in [2.45, 2.75) is 64.7 Å². The maximum atomic E-state index is 6.47. The third-order valence-corrected chi connectivity index (χ3v) is 20.2. The van der Waals surface area contributed by atoms with Gasteiger partial charge in [0.2, 0.25) is 0 Å². The Balaban J connectivity index is 0.00000266. The number of hydrogen-bond acceptors (Lipinski definition) is 0. The number of allylic oxidation sites excluding steroid dienone is 8. The van der Waals surface area contributed by atoms with E-state index in [1.165, 1.54) is 60.5 Å². The molecule has 1 atom stereocenters. The second-order valence-electron chi connectivity index (χ2n) is 15.1. The molecule has 0 aromatic heterocycles. The fourth-order valence-electron chi connectivity index (χ4n) is 9.00. The molecule has 5 aromatic carbocycles. The van der Waals surface area contributed by atoms with Crippen LogP contribution in [0.1, 0.15) is 61.8 Å². The molecule has 3 aliphatic rings. The van der Waals surface area contributed by atoms with Crippen molar-refractivity contribution in [3.05, 3.63) is 206 Å². The van der Waals surface area contributed by atoms with Crippen molar-refractivity contribution >= 4 is 62.9 Å². The molecule has 5 aromatic rings. The van der Waals surface area contributed by atoms with Gasteiger partial charge in [-0.3, -0.25) is 0 Å². The number of fused-ring (bicyclic) bond motifs is 2. The van der Waals surface area contributed by atoms with Gasteiger partial charge in [-0.15, -0.1) is 24.8 Å². The molecule has 3 aliphatic carbocycles. The Morgan fingerprint density at radius 3 is 1.89 bits per heavy atom. The Labute approximate surface area is 363 Å². The van der Waals surface area contributed by atoms with Crippen molar-refractivity contribution in [1.82, 2.24) is 0 Å². The average Bonchev–Trinajstić information content (AvgIpc) is 3.85. The van der Waals surface area contributed by atoms with Gasteiger partial charge in [0.15, 0.2) is 0 Å². The molecule has 0 radical (unpaired) electrons. The van der Waals surface area contributed by atoms with E-state index in [2.05, 4.69) is 172 Å². The molecule has 0 heterocycles. The minimum Gasteiger partial charge on any atom is -0.147 e. The summed E-state index contributed by atoms with van der Waals surface area (Å²) in [6, 6.07) is 44.5. The SMILES string of the molecule is CCCCC1(c2ccccc2)C(C)=CC2=c3cc(C)c(-c4ccccc4)cc3=CC2=[C]1[Zr]([C]1=CC=CC1)=[C](Cc1ccc(Cl)cc1)Cc1ccc(Cl)cc1.Cl.Cl. The summed E-state index contributed by atoms with van der Waals surface area (Å²) >= 11 is 9.96. The number of halogens is 4. The summed E-state index contributed by atoms with van der Waals surface area (Å²) in [5.74, 6) is 0. The zero-order valence-electron chi connectivity index (χ0n) is 32.2. The molecule has 0 saturated carbocycles. The Hall–Kier alpha value is -3.29. The molecule has 0 bridgehead atoms. The first-order valence-electron chi connectivity index (χ1n) is 19.3. The van der Waals surface area contributed by atoms with Crippen LogP contribution in [0.2, 0.25) is 10.0 Å². The summed E-state index contributed by atoms with van der Waals surface area (Å²) < 4.78 is 5.08. The Morgan fingerprint density at radius 2 is 1.32 bits per heavy atom. The second-order valence-corrected chi connectivity index (χ2v) is 22.3. The predicted molar refractivity (Wildman–Crippen MR) is 244 cm³/mol. The van der Waals surface area contributed by atoms with Crippen molar-refractivity contribution in [2.24, 2.45) is 0 Å². The van der Waals surface area contributed by atoms with Crippen LogP contribution in [0.4, 0.5) is 0 Å². The zero-order chi connectivity index (χ0) is 37.2. The molecule has 0 nitrogen and oxygen atoms in total. The summed E-state index contributed by atoms with van der Waals surface area (Å²) in [5, 5.41) is 4.27. The topological polar surface area (TPSA) is 0 Å². The van der Waals surface area contributed by atoms with E-state index in [-0.39, 0.29) is 30.2 Å². The normalized spacial score (nSPS) is 16.6. The standard InChI is InChI=1S/C31H29.C15H12Cl2.C5H5.2ClH.Zr/c1-4-5-16-31(27-14-10-7-11-15-27)21-26-19-25-20-28(24-12-8-6-9-13-24)22(2)17-29(25)30(26)18-23(31)3;16-14-8-4-12(5-9-14)2-1-3-13-6-10-15(17)11-7-13;1-2-4-5-3-1;;;/h6-15,17-20H,4-5,16H2,1-3H3;4-11H,2-3H2;1-3H,4H2;2*1H;. The molecule has 0 fully saturated rings. The molecular weight excluding hydrogens is 846 g/mol. The third-order valence-electron chi connectivity index (χ3n) is 11.6. The summed E-state index contributed by atoms with van der Waals surface area (Å²) in [4.78, 5) is 0. The van der Waals surface area contributed by atoms with E-state index in [4.69, 9.17) is 23.2 Å². The van der Waals surface area contributed by atoms with Gasteiger partial charge in [0.25, 0.3) is 0 Å². The van der Waals surface area contributed by atoms with Gasteiger partial charge in [-0.2, -0.15) is 0 Å². The smallest absolute Gasteiger partial charge is 0.147 e. The fourth-order valence-corrected chi connectivity index (χ4v) is 18.7. The summed E-state index contributed by atoms with van der Waals surface area (Å²) in [5.41, 5.74) is 12.1. The predicted octanol–water partition coefficient (Wildman–Crippen LogP) is 13.2. The first-order chi connectivity index (χ1) is 26.4. The Kier molecular flexibility index (Phi) is 14.0.